The SMILES string of the molecule is COS(=O)(=O)c1ccc(S)c([N+](=O)[O-])c1.[NaH]. The van der Waals surface area contributed by atoms with Gasteiger partial charge >= 0.3 is 29.6 Å². The van der Waals surface area contributed by atoms with Crippen molar-refractivity contribution < 1.29 is 17.5 Å². The van der Waals surface area contributed by atoms with Crippen LogP contribution in [-0.4, -0.2) is 50.0 Å². The summed E-state index contributed by atoms with van der Waals surface area (Å²) in [5.41, 5.74) is -0.378. The van der Waals surface area contributed by atoms with E-state index in [-0.39, 0.29) is 45.0 Å². The van der Waals surface area contributed by atoms with Crippen LogP contribution in [0.1, 0.15) is 0 Å². The van der Waals surface area contributed by atoms with Gasteiger partial charge in [-0.2, -0.15) is 8.42 Å². The molecule has 84 valence electrons. The molecule has 0 amide bonds. The van der Waals surface area contributed by atoms with Crippen LogP contribution in [0.4, 0.5) is 5.69 Å². The van der Waals surface area contributed by atoms with Gasteiger partial charge in [0.2, 0.25) is 0 Å². The normalized spacial score (nSPS) is 10.6. The fraction of sp³-hybridized carbons (Fsp3) is 0.143. The standard InChI is InChI=1S/C7H7NO5S2.Na.H/c1-13-15(11,12)5-2-3-7(14)6(4-5)8(9)10;;/h2-4,14H,1H3;;. The number of thiol groups is 1. The molecule has 0 aromatic heterocycles. The number of nitro benzene ring substituents is 1. The summed E-state index contributed by atoms with van der Waals surface area (Å²) in [7, 11) is -2.93. The van der Waals surface area contributed by atoms with Gasteiger partial charge in [0, 0.05) is 6.07 Å². The van der Waals surface area contributed by atoms with Gasteiger partial charge in [-0.25, -0.2) is 0 Å². The summed E-state index contributed by atoms with van der Waals surface area (Å²) < 4.78 is 26.7. The Morgan fingerprint density at radius 3 is 2.44 bits per heavy atom. The summed E-state index contributed by atoms with van der Waals surface area (Å²) in [6.45, 7) is 0. The zero-order valence-corrected chi connectivity index (χ0v) is 9.29. The molecule has 6 nitrogen and oxygen atoms in total. The summed E-state index contributed by atoms with van der Waals surface area (Å²) in [5.74, 6) is 0. The van der Waals surface area contributed by atoms with Gasteiger partial charge in [0.05, 0.1) is 16.9 Å². The van der Waals surface area contributed by atoms with E-state index in [1.807, 2.05) is 0 Å². The van der Waals surface area contributed by atoms with Gasteiger partial charge in [0.15, 0.2) is 0 Å². The van der Waals surface area contributed by atoms with Crippen LogP contribution < -0.4 is 0 Å². The van der Waals surface area contributed by atoms with Crippen molar-refractivity contribution in [2.24, 2.45) is 0 Å². The van der Waals surface area contributed by atoms with E-state index in [0.29, 0.717) is 0 Å². The zero-order chi connectivity index (χ0) is 11.6. The van der Waals surface area contributed by atoms with Crippen LogP contribution in [0.25, 0.3) is 0 Å². The number of nitrogens with zero attached hydrogens (tertiary/aromatic N) is 1. The Kier molecular flexibility index (Phi) is 5.94. The van der Waals surface area contributed by atoms with Crippen molar-refractivity contribution >= 4 is 58.0 Å². The van der Waals surface area contributed by atoms with E-state index >= 15 is 0 Å². The van der Waals surface area contributed by atoms with Crippen molar-refractivity contribution in [3.05, 3.63) is 28.3 Å². The topological polar surface area (TPSA) is 86.5 Å². The molecule has 0 saturated carbocycles. The predicted octanol–water partition coefficient (Wildman–Crippen LogP) is 0.570. The molecule has 1 aromatic carbocycles. The number of hydrogen-bond acceptors (Lipinski definition) is 6. The van der Waals surface area contributed by atoms with Crippen molar-refractivity contribution in [2.45, 2.75) is 9.79 Å². The molecule has 1 aromatic rings. The predicted molar refractivity (Wildman–Crippen MR) is 61.7 cm³/mol. The van der Waals surface area contributed by atoms with Crippen LogP contribution in [0, 0.1) is 10.1 Å². The monoisotopic (exact) mass is 273 g/mol. The molecule has 9 heteroatoms. The van der Waals surface area contributed by atoms with Crippen LogP contribution in [0.3, 0.4) is 0 Å². The number of nitro groups is 1. The first kappa shape index (κ1) is 15.9. The summed E-state index contributed by atoms with van der Waals surface area (Å²) >= 11 is 3.83. The molecule has 1 rings (SSSR count). The third-order valence-electron chi connectivity index (χ3n) is 1.65. The second-order valence-electron chi connectivity index (χ2n) is 2.53. The number of benzene rings is 1. The first-order valence-corrected chi connectivity index (χ1v) is 5.52. The Balaban J connectivity index is 0.00000225. The zero-order valence-electron chi connectivity index (χ0n) is 7.58. The third-order valence-corrected chi connectivity index (χ3v) is 3.30. The quantitative estimate of drug-likeness (QED) is 0.286. The Bertz CT molecular complexity index is 501. The minimum atomic E-state index is -3.91. The van der Waals surface area contributed by atoms with E-state index in [2.05, 4.69) is 16.8 Å². The van der Waals surface area contributed by atoms with Gasteiger partial charge in [-0.3, -0.25) is 14.3 Å². The van der Waals surface area contributed by atoms with Gasteiger partial charge in [-0.05, 0) is 12.1 Å². The van der Waals surface area contributed by atoms with Gasteiger partial charge in [0.25, 0.3) is 15.8 Å². The van der Waals surface area contributed by atoms with E-state index in [0.717, 1.165) is 13.2 Å². The van der Waals surface area contributed by atoms with Crippen LogP contribution in [0.2, 0.25) is 0 Å². The molecule has 0 bridgehead atoms. The molecule has 0 N–H and O–H groups in total. The average molecular weight is 273 g/mol. The minimum absolute atomic E-state index is 0. The Hall–Kier alpha value is -0.120. The van der Waals surface area contributed by atoms with Crippen LogP contribution in [0.5, 0.6) is 0 Å². The number of rotatable bonds is 3. The molecule has 0 aliphatic rings. The van der Waals surface area contributed by atoms with Crippen molar-refractivity contribution in [3.8, 4) is 0 Å². The van der Waals surface area contributed by atoms with E-state index in [1.54, 1.807) is 0 Å². The fourth-order valence-corrected chi connectivity index (χ4v) is 1.81. The first-order valence-electron chi connectivity index (χ1n) is 3.66. The molecule has 0 saturated heterocycles. The van der Waals surface area contributed by atoms with Crippen molar-refractivity contribution in [3.63, 3.8) is 0 Å². The van der Waals surface area contributed by atoms with E-state index in [4.69, 9.17) is 0 Å². The van der Waals surface area contributed by atoms with Gasteiger partial charge in [0.1, 0.15) is 4.90 Å². The van der Waals surface area contributed by atoms with Gasteiger partial charge in [-0.1, -0.05) is 0 Å². The van der Waals surface area contributed by atoms with Crippen molar-refractivity contribution in [1.29, 1.82) is 0 Å². The first-order chi connectivity index (χ1) is 6.88. The summed E-state index contributed by atoms with van der Waals surface area (Å²) in [6.07, 6.45) is 0. The molecular weight excluding hydrogens is 265 g/mol. The van der Waals surface area contributed by atoms with Crippen LogP contribution >= 0.6 is 12.6 Å². The molecule has 0 unspecified atom stereocenters. The Labute approximate surface area is 120 Å². The Morgan fingerprint density at radius 2 is 2.00 bits per heavy atom. The van der Waals surface area contributed by atoms with E-state index in [1.165, 1.54) is 12.1 Å². The molecule has 0 aliphatic carbocycles. The van der Waals surface area contributed by atoms with Crippen LogP contribution in [-0.2, 0) is 14.3 Å². The molecule has 0 aliphatic heterocycles. The fourth-order valence-electron chi connectivity index (χ4n) is 0.901. The number of hydrogen-bond donors (Lipinski definition) is 1. The van der Waals surface area contributed by atoms with Crippen molar-refractivity contribution in [2.75, 3.05) is 7.11 Å². The summed E-state index contributed by atoms with van der Waals surface area (Å²) in [6, 6.07) is 3.32. The van der Waals surface area contributed by atoms with Crippen molar-refractivity contribution in [1.82, 2.24) is 0 Å². The molecule has 0 fully saturated rings. The maximum atomic E-state index is 11.2. The third kappa shape index (κ3) is 3.44. The molecular formula is C7H8NNaO5S2. The van der Waals surface area contributed by atoms with Gasteiger partial charge in [-0.15, -0.1) is 12.6 Å². The molecule has 0 atom stereocenters. The van der Waals surface area contributed by atoms with Crippen LogP contribution in [0.15, 0.2) is 28.0 Å². The second-order valence-corrected chi connectivity index (χ2v) is 4.72. The molecule has 0 radical (unpaired) electrons. The molecule has 0 spiro atoms. The Morgan fingerprint density at radius 1 is 1.44 bits per heavy atom. The summed E-state index contributed by atoms with van der Waals surface area (Å²) in [4.78, 5) is 9.62. The maximum absolute atomic E-state index is 11.2. The summed E-state index contributed by atoms with van der Waals surface area (Å²) in [5, 5.41) is 10.5. The van der Waals surface area contributed by atoms with E-state index in [9.17, 15) is 18.5 Å². The van der Waals surface area contributed by atoms with Gasteiger partial charge < -0.3 is 0 Å². The second kappa shape index (κ2) is 5.99. The van der Waals surface area contributed by atoms with E-state index < -0.39 is 15.0 Å². The average Bonchev–Trinajstić information content (AvgIpc) is 2.17. The molecule has 16 heavy (non-hydrogen) atoms. The molecule has 0 heterocycles.